The summed E-state index contributed by atoms with van der Waals surface area (Å²) in [6.45, 7) is 9.01. The highest BCUT2D eigenvalue weighted by atomic mass is 28.2. The Morgan fingerprint density at radius 2 is 1.31 bits per heavy atom. The SMILES string of the molecule is CCCCCCCCC(CC)C(CC)(CCCCCCCC)C(=O)O[SiH3]. The molecule has 0 aromatic heterocycles. The molecule has 0 spiro atoms. The van der Waals surface area contributed by atoms with Crippen molar-refractivity contribution < 1.29 is 9.22 Å². The molecule has 26 heavy (non-hydrogen) atoms. The van der Waals surface area contributed by atoms with Gasteiger partial charge in [0.25, 0.3) is 5.97 Å². The predicted molar refractivity (Wildman–Crippen MR) is 119 cm³/mol. The second kappa shape index (κ2) is 16.8. The third-order valence-electron chi connectivity index (χ3n) is 6.38. The summed E-state index contributed by atoms with van der Waals surface area (Å²) in [4.78, 5) is 12.8. The van der Waals surface area contributed by atoms with Crippen molar-refractivity contribution in [1.29, 1.82) is 0 Å². The number of hydrogen-bond donors (Lipinski definition) is 0. The van der Waals surface area contributed by atoms with Crippen molar-refractivity contribution >= 4 is 16.5 Å². The minimum atomic E-state index is -0.218. The summed E-state index contributed by atoms with van der Waals surface area (Å²) >= 11 is 0. The van der Waals surface area contributed by atoms with E-state index in [1.54, 1.807) is 0 Å². The zero-order valence-electron chi connectivity index (χ0n) is 18.7. The van der Waals surface area contributed by atoms with E-state index < -0.39 is 0 Å². The van der Waals surface area contributed by atoms with Crippen LogP contribution in [0, 0.1) is 11.3 Å². The van der Waals surface area contributed by atoms with E-state index in [0.717, 1.165) is 19.3 Å². The average molecular weight is 385 g/mol. The normalized spacial score (nSPS) is 14.9. The lowest BCUT2D eigenvalue weighted by Crippen LogP contribution is -2.39. The molecule has 3 heteroatoms. The lowest BCUT2D eigenvalue weighted by atomic mass is 9.67. The standard InChI is InChI=1S/C23H48O2Si/c1-5-9-11-13-15-17-19-21(7-3)23(8-4,22(24)25-26)20-18-16-14-12-10-6-2/h21H,5-20H2,1-4,26H3. The lowest BCUT2D eigenvalue weighted by molar-refractivity contribution is -0.151. The molecule has 2 nitrogen and oxygen atoms in total. The molecule has 2 atom stereocenters. The number of carbonyl (C=O) groups excluding carboxylic acids is 1. The van der Waals surface area contributed by atoms with Gasteiger partial charge in [0.2, 0.25) is 10.5 Å². The van der Waals surface area contributed by atoms with Crippen LogP contribution < -0.4 is 0 Å². The second-order valence-electron chi connectivity index (χ2n) is 8.18. The Kier molecular flexibility index (Phi) is 16.6. The Hall–Kier alpha value is -0.313. The summed E-state index contributed by atoms with van der Waals surface area (Å²) in [6, 6.07) is 0. The van der Waals surface area contributed by atoms with Crippen LogP contribution in [0.4, 0.5) is 0 Å². The zero-order valence-corrected chi connectivity index (χ0v) is 20.7. The van der Waals surface area contributed by atoms with E-state index in [-0.39, 0.29) is 11.4 Å². The van der Waals surface area contributed by atoms with E-state index in [1.165, 1.54) is 83.5 Å². The fourth-order valence-corrected chi connectivity index (χ4v) is 4.96. The smallest absolute Gasteiger partial charge is 0.298 e. The number of carbonyl (C=O) groups is 1. The van der Waals surface area contributed by atoms with Crippen LogP contribution in [-0.4, -0.2) is 16.5 Å². The number of hydrogen-bond acceptors (Lipinski definition) is 2. The summed E-state index contributed by atoms with van der Waals surface area (Å²) in [5.74, 6) is 0.605. The van der Waals surface area contributed by atoms with Crippen molar-refractivity contribution in [1.82, 2.24) is 0 Å². The van der Waals surface area contributed by atoms with Crippen LogP contribution in [0.5, 0.6) is 0 Å². The number of rotatable bonds is 18. The molecule has 0 saturated heterocycles. The highest BCUT2D eigenvalue weighted by Crippen LogP contribution is 2.43. The van der Waals surface area contributed by atoms with Crippen LogP contribution in [0.2, 0.25) is 0 Å². The maximum atomic E-state index is 12.8. The Bertz CT molecular complexity index is 332. The van der Waals surface area contributed by atoms with Crippen molar-refractivity contribution in [2.45, 2.75) is 130 Å². The fraction of sp³-hybridized carbons (Fsp3) is 0.957. The molecule has 0 radical (unpaired) electrons. The van der Waals surface area contributed by atoms with Crippen molar-refractivity contribution in [2.24, 2.45) is 11.3 Å². The maximum absolute atomic E-state index is 12.8. The largest absolute Gasteiger partial charge is 0.528 e. The molecule has 0 saturated carbocycles. The van der Waals surface area contributed by atoms with Crippen molar-refractivity contribution in [3.63, 3.8) is 0 Å². The molecule has 0 aliphatic carbocycles. The third-order valence-corrected chi connectivity index (χ3v) is 6.75. The summed E-state index contributed by atoms with van der Waals surface area (Å²) in [5.41, 5.74) is -0.218. The summed E-state index contributed by atoms with van der Waals surface area (Å²) < 4.78 is 5.44. The van der Waals surface area contributed by atoms with Crippen LogP contribution in [-0.2, 0) is 9.22 Å². The maximum Gasteiger partial charge on any atom is 0.298 e. The second-order valence-corrected chi connectivity index (χ2v) is 8.59. The van der Waals surface area contributed by atoms with Gasteiger partial charge in [0.05, 0.1) is 5.41 Å². The molecule has 2 unspecified atom stereocenters. The van der Waals surface area contributed by atoms with Crippen LogP contribution >= 0.6 is 0 Å². The van der Waals surface area contributed by atoms with E-state index in [0.29, 0.717) is 16.4 Å². The van der Waals surface area contributed by atoms with Gasteiger partial charge < -0.3 is 4.43 Å². The first-order chi connectivity index (χ1) is 12.6. The molecule has 0 aromatic carbocycles. The fourth-order valence-electron chi connectivity index (χ4n) is 4.55. The molecular formula is C23H48O2Si. The predicted octanol–water partition coefficient (Wildman–Crippen LogP) is 6.73. The third kappa shape index (κ3) is 9.57. The van der Waals surface area contributed by atoms with Crippen LogP contribution in [0.3, 0.4) is 0 Å². The van der Waals surface area contributed by atoms with Gasteiger partial charge >= 0.3 is 0 Å². The van der Waals surface area contributed by atoms with Gasteiger partial charge in [0.1, 0.15) is 0 Å². The van der Waals surface area contributed by atoms with Gasteiger partial charge in [-0.05, 0) is 25.2 Å². The first kappa shape index (κ1) is 25.7. The Balaban J connectivity index is 4.64. The van der Waals surface area contributed by atoms with Crippen molar-refractivity contribution in [3.8, 4) is 0 Å². The Labute approximate surface area is 167 Å². The molecule has 0 fully saturated rings. The van der Waals surface area contributed by atoms with E-state index in [4.69, 9.17) is 4.43 Å². The minimum Gasteiger partial charge on any atom is -0.528 e. The van der Waals surface area contributed by atoms with Gasteiger partial charge in [-0.25, -0.2) is 0 Å². The van der Waals surface area contributed by atoms with Gasteiger partial charge in [-0.3, -0.25) is 4.79 Å². The molecule has 0 heterocycles. The van der Waals surface area contributed by atoms with E-state index in [2.05, 4.69) is 27.7 Å². The molecule has 0 N–H and O–H groups in total. The van der Waals surface area contributed by atoms with E-state index >= 15 is 0 Å². The average Bonchev–Trinajstić information content (AvgIpc) is 2.67. The molecular weight excluding hydrogens is 336 g/mol. The molecule has 0 aliphatic rings. The summed E-state index contributed by atoms with van der Waals surface area (Å²) in [6.07, 6.45) is 20.0. The molecule has 0 bridgehead atoms. The van der Waals surface area contributed by atoms with Crippen molar-refractivity contribution in [3.05, 3.63) is 0 Å². The number of unbranched alkanes of at least 4 members (excludes halogenated alkanes) is 10. The first-order valence-electron chi connectivity index (χ1n) is 11.7. The molecule has 156 valence electrons. The van der Waals surface area contributed by atoms with Gasteiger partial charge in [0.15, 0.2) is 0 Å². The lowest BCUT2D eigenvalue weighted by Gasteiger charge is -2.38. The highest BCUT2D eigenvalue weighted by Gasteiger charge is 2.42. The van der Waals surface area contributed by atoms with Crippen LogP contribution in [0.15, 0.2) is 0 Å². The van der Waals surface area contributed by atoms with E-state index in [9.17, 15) is 4.79 Å². The van der Waals surface area contributed by atoms with E-state index in [1.807, 2.05) is 0 Å². The summed E-state index contributed by atoms with van der Waals surface area (Å²) in [5, 5.41) is 0. The zero-order chi connectivity index (χ0) is 19.7. The first-order valence-corrected chi connectivity index (χ1v) is 12.5. The Morgan fingerprint density at radius 3 is 1.77 bits per heavy atom. The van der Waals surface area contributed by atoms with Crippen LogP contribution in [0.1, 0.15) is 130 Å². The summed E-state index contributed by atoms with van der Waals surface area (Å²) in [7, 11) is 0.524. The Morgan fingerprint density at radius 1 is 0.808 bits per heavy atom. The van der Waals surface area contributed by atoms with Gasteiger partial charge in [-0.15, -0.1) is 0 Å². The molecule has 0 amide bonds. The molecule has 0 aliphatic heterocycles. The topological polar surface area (TPSA) is 26.3 Å². The minimum absolute atomic E-state index is 0.109. The molecule has 0 rings (SSSR count). The highest BCUT2D eigenvalue weighted by molar-refractivity contribution is 6.06. The van der Waals surface area contributed by atoms with Crippen molar-refractivity contribution in [2.75, 3.05) is 0 Å². The van der Waals surface area contributed by atoms with Crippen LogP contribution in [0.25, 0.3) is 0 Å². The molecule has 0 aromatic rings. The van der Waals surface area contributed by atoms with Gasteiger partial charge in [0, 0.05) is 0 Å². The monoisotopic (exact) mass is 384 g/mol. The van der Waals surface area contributed by atoms with Gasteiger partial charge in [-0.2, -0.15) is 0 Å². The quantitative estimate of drug-likeness (QED) is 0.193. The van der Waals surface area contributed by atoms with Gasteiger partial charge in [-0.1, -0.05) is 111 Å².